The van der Waals surface area contributed by atoms with Gasteiger partial charge in [-0.25, -0.2) is 14.8 Å². The number of nitrogens with zero attached hydrogens (tertiary/aromatic N) is 5. The van der Waals surface area contributed by atoms with E-state index >= 15 is 0 Å². The summed E-state index contributed by atoms with van der Waals surface area (Å²) >= 11 is 6.08. The monoisotopic (exact) mass is 597 g/mol. The number of likely N-dealkylation sites (tertiary alicyclic amines) is 1. The summed E-state index contributed by atoms with van der Waals surface area (Å²) < 4.78 is 37.9. The molecule has 2 atom stereocenters. The maximum atomic E-state index is 12.2. The topological polar surface area (TPSA) is 116 Å². The van der Waals surface area contributed by atoms with Crippen molar-refractivity contribution in [2.24, 2.45) is 0 Å². The van der Waals surface area contributed by atoms with E-state index in [4.69, 9.17) is 26.2 Å². The Labute approximate surface area is 240 Å². The van der Waals surface area contributed by atoms with Gasteiger partial charge in [0.1, 0.15) is 0 Å². The SMILES string of the molecule is O=C(O)C(F)(F)F.O=C1CCC(=O)N1C[C@H]1CN(C2CCN(c3ncccn3)CC2)[C@@H](Cc2ccc(Cl)cc2)CO1. The van der Waals surface area contributed by atoms with Gasteiger partial charge in [0, 0.05) is 62.0 Å². The van der Waals surface area contributed by atoms with Crippen LogP contribution in [0.15, 0.2) is 42.7 Å². The molecule has 0 spiro atoms. The lowest BCUT2D eigenvalue weighted by atomic mass is 9.96. The number of carboxylic acid groups (broad SMARTS) is 1. The summed E-state index contributed by atoms with van der Waals surface area (Å²) in [6, 6.07) is 10.5. The Morgan fingerprint density at radius 1 is 1.05 bits per heavy atom. The van der Waals surface area contributed by atoms with E-state index in [-0.39, 0.29) is 24.0 Å². The molecule has 10 nitrogen and oxygen atoms in total. The molecule has 0 unspecified atom stereocenters. The van der Waals surface area contributed by atoms with Gasteiger partial charge < -0.3 is 14.7 Å². The van der Waals surface area contributed by atoms with Crippen molar-refractivity contribution < 1.29 is 37.4 Å². The molecular weight excluding hydrogens is 567 g/mol. The number of aliphatic carboxylic acids is 1. The Morgan fingerprint density at radius 2 is 1.63 bits per heavy atom. The second kappa shape index (κ2) is 13.6. The standard InChI is InChI=1S/C25H30ClN5O3.C2HF3O2/c26-19-4-2-18(3-5-19)14-21-17-34-22(16-31-23(32)6-7-24(31)33)15-30(21)20-8-12-29(13-9-20)25-27-10-1-11-28-25;3-2(4,5)1(6)7/h1-5,10-11,20-22H,6-9,12-17H2;(H,6,7)/t21-,22+;/m0./s1. The van der Waals surface area contributed by atoms with Crippen LogP contribution < -0.4 is 4.90 Å². The van der Waals surface area contributed by atoms with Crippen molar-refractivity contribution in [2.45, 2.75) is 56.5 Å². The van der Waals surface area contributed by atoms with Crippen LogP contribution in [0.1, 0.15) is 31.2 Å². The van der Waals surface area contributed by atoms with E-state index < -0.39 is 12.1 Å². The molecular formula is C27H31ClF3N5O5. The highest BCUT2D eigenvalue weighted by Crippen LogP contribution is 2.27. The van der Waals surface area contributed by atoms with Gasteiger partial charge in [-0.15, -0.1) is 0 Å². The van der Waals surface area contributed by atoms with E-state index in [1.54, 1.807) is 12.4 Å². The molecule has 14 heteroatoms. The zero-order valence-electron chi connectivity index (χ0n) is 22.2. The summed E-state index contributed by atoms with van der Waals surface area (Å²) in [4.78, 5) is 48.2. The van der Waals surface area contributed by atoms with E-state index in [2.05, 4.69) is 31.9 Å². The van der Waals surface area contributed by atoms with Crippen LogP contribution >= 0.6 is 11.6 Å². The van der Waals surface area contributed by atoms with Gasteiger partial charge in [-0.3, -0.25) is 19.4 Å². The molecule has 4 heterocycles. The predicted octanol–water partition coefficient (Wildman–Crippen LogP) is 3.19. The van der Waals surface area contributed by atoms with Crippen molar-refractivity contribution in [1.29, 1.82) is 0 Å². The van der Waals surface area contributed by atoms with E-state index in [0.717, 1.165) is 43.3 Å². The first-order valence-corrected chi connectivity index (χ1v) is 13.7. The van der Waals surface area contributed by atoms with Crippen molar-refractivity contribution >= 4 is 35.3 Å². The predicted molar refractivity (Wildman–Crippen MR) is 142 cm³/mol. The number of carbonyl (C=O) groups is 3. The number of carboxylic acids is 1. The fraction of sp³-hybridized carbons (Fsp3) is 0.519. The molecule has 3 saturated heterocycles. The molecule has 3 fully saturated rings. The normalized spacial score (nSPS) is 22.4. The molecule has 1 N–H and O–H groups in total. The number of hydrogen-bond donors (Lipinski definition) is 1. The summed E-state index contributed by atoms with van der Waals surface area (Å²) in [5, 5.41) is 7.86. The Kier molecular flexibility index (Phi) is 10.2. The number of halogens is 4. The van der Waals surface area contributed by atoms with Crippen LogP contribution in [0.4, 0.5) is 19.1 Å². The van der Waals surface area contributed by atoms with Gasteiger partial charge in [-0.2, -0.15) is 13.2 Å². The fourth-order valence-corrected chi connectivity index (χ4v) is 5.41. The van der Waals surface area contributed by atoms with Gasteiger partial charge in [-0.1, -0.05) is 23.7 Å². The van der Waals surface area contributed by atoms with Crippen molar-refractivity contribution in [2.75, 3.05) is 37.7 Å². The quantitative estimate of drug-likeness (QED) is 0.501. The van der Waals surface area contributed by atoms with Crippen LogP contribution in [-0.2, 0) is 25.5 Å². The van der Waals surface area contributed by atoms with E-state index in [1.165, 1.54) is 10.5 Å². The maximum absolute atomic E-state index is 12.2. The lowest BCUT2D eigenvalue weighted by molar-refractivity contribution is -0.192. The Bertz CT molecular complexity index is 1180. The first-order chi connectivity index (χ1) is 19.5. The lowest BCUT2D eigenvalue weighted by Gasteiger charge is -2.47. The van der Waals surface area contributed by atoms with Crippen LogP contribution in [0.2, 0.25) is 5.02 Å². The minimum atomic E-state index is -5.08. The number of ether oxygens (including phenoxy) is 1. The molecule has 5 rings (SSSR count). The number of morpholine rings is 1. The lowest BCUT2D eigenvalue weighted by Crippen LogP contribution is -2.59. The highest BCUT2D eigenvalue weighted by atomic mass is 35.5. The Balaban J connectivity index is 0.000000493. The van der Waals surface area contributed by atoms with Crippen molar-refractivity contribution in [1.82, 2.24) is 19.8 Å². The summed E-state index contributed by atoms with van der Waals surface area (Å²) in [5.41, 5.74) is 1.22. The number of anilines is 1. The smallest absolute Gasteiger partial charge is 0.475 e. The molecule has 222 valence electrons. The highest BCUT2D eigenvalue weighted by molar-refractivity contribution is 6.30. The number of rotatable bonds is 6. The molecule has 0 radical (unpaired) electrons. The summed E-state index contributed by atoms with van der Waals surface area (Å²) in [6.45, 7) is 3.42. The highest BCUT2D eigenvalue weighted by Gasteiger charge is 2.39. The van der Waals surface area contributed by atoms with Crippen molar-refractivity contribution in [3.63, 3.8) is 0 Å². The molecule has 1 aromatic carbocycles. The molecule has 0 aliphatic carbocycles. The minimum Gasteiger partial charge on any atom is -0.475 e. The minimum absolute atomic E-state index is 0.0837. The number of carbonyl (C=O) groups excluding carboxylic acids is 2. The van der Waals surface area contributed by atoms with Crippen molar-refractivity contribution in [3.05, 3.63) is 53.3 Å². The van der Waals surface area contributed by atoms with Gasteiger partial charge in [0.25, 0.3) is 0 Å². The van der Waals surface area contributed by atoms with Crippen LogP contribution in [0.25, 0.3) is 0 Å². The number of benzene rings is 1. The average Bonchev–Trinajstić information content (AvgIpc) is 3.27. The second-order valence-corrected chi connectivity index (χ2v) is 10.5. The number of amides is 2. The fourth-order valence-electron chi connectivity index (χ4n) is 5.29. The number of piperidine rings is 1. The molecule has 2 amide bonds. The second-order valence-electron chi connectivity index (χ2n) is 10.1. The molecule has 41 heavy (non-hydrogen) atoms. The van der Waals surface area contributed by atoms with Crippen LogP contribution in [0.5, 0.6) is 0 Å². The first-order valence-electron chi connectivity index (χ1n) is 13.3. The van der Waals surface area contributed by atoms with Crippen LogP contribution in [-0.4, -0.2) is 99.8 Å². The van der Waals surface area contributed by atoms with Crippen LogP contribution in [0.3, 0.4) is 0 Å². The third-order valence-corrected chi connectivity index (χ3v) is 7.60. The molecule has 3 aliphatic heterocycles. The van der Waals surface area contributed by atoms with Gasteiger partial charge >= 0.3 is 12.1 Å². The summed E-state index contributed by atoms with van der Waals surface area (Å²) in [7, 11) is 0. The molecule has 0 bridgehead atoms. The number of alkyl halides is 3. The van der Waals surface area contributed by atoms with Gasteiger partial charge in [-0.05, 0) is 43.0 Å². The van der Waals surface area contributed by atoms with E-state index in [1.807, 2.05) is 18.2 Å². The van der Waals surface area contributed by atoms with E-state index in [9.17, 15) is 22.8 Å². The number of aromatic nitrogens is 2. The molecule has 1 aromatic heterocycles. The van der Waals surface area contributed by atoms with Crippen LogP contribution in [0, 0.1) is 0 Å². The average molecular weight is 598 g/mol. The van der Waals surface area contributed by atoms with E-state index in [0.29, 0.717) is 38.6 Å². The summed E-state index contributed by atoms with van der Waals surface area (Å²) in [5.74, 6) is -2.14. The number of hydrogen-bond acceptors (Lipinski definition) is 8. The third kappa shape index (κ3) is 8.37. The van der Waals surface area contributed by atoms with Gasteiger partial charge in [0.2, 0.25) is 17.8 Å². The number of imide groups is 1. The Hall–Kier alpha value is -3.29. The molecule has 3 aliphatic rings. The largest absolute Gasteiger partial charge is 0.490 e. The first kappa shape index (κ1) is 30.7. The maximum Gasteiger partial charge on any atom is 0.490 e. The Morgan fingerprint density at radius 3 is 2.20 bits per heavy atom. The van der Waals surface area contributed by atoms with Gasteiger partial charge in [0.05, 0.1) is 19.3 Å². The molecule has 0 saturated carbocycles. The van der Waals surface area contributed by atoms with Crippen molar-refractivity contribution in [3.8, 4) is 0 Å². The third-order valence-electron chi connectivity index (χ3n) is 7.34. The molecule has 2 aromatic rings. The zero-order chi connectivity index (χ0) is 29.6. The summed E-state index contributed by atoms with van der Waals surface area (Å²) in [6.07, 6.45) is 1.82. The van der Waals surface area contributed by atoms with Gasteiger partial charge in [0.15, 0.2) is 0 Å². The zero-order valence-corrected chi connectivity index (χ0v) is 22.9.